The van der Waals surface area contributed by atoms with Gasteiger partial charge in [0.1, 0.15) is 12.7 Å². The summed E-state index contributed by atoms with van der Waals surface area (Å²) in [5.41, 5.74) is 0. The second-order valence-electron chi connectivity index (χ2n) is 5.83. The molecule has 0 spiro atoms. The van der Waals surface area contributed by atoms with Crippen molar-refractivity contribution >= 4 is 5.97 Å². The minimum atomic E-state index is -0.153. The number of unbranched alkanes of at least 4 members (excludes halogenated alkanes) is 4. The number of hydrogen-bond donors (Lipinski definition) is 0. The van der Waals surface area contributed by atoms with Crippen molar-refractivity contribution in [1.82, 2.24) is 0 Å². The van der Waals surface area contributed by atoms with Crippen LogP contribution >= 0.6 is 0 Å². The summed E-state index contributed by atoms with van der Waals surface area (Å²) in [6.45, 7) is 5.14. The highest BCUT2D eigenvalue weighted by atomic mass is 16.7. The Morgan fingerprint density at radius 1 is 1.18 bits per heavy atom. The molecule has 1 aliphatic rings. The Morgan fingerprint density at radius 2 is 2.00 bits per heavy atom. The molecule has 0 aliphatic carbocycles. The van der Waals surface area contributed by atoms with Gasteiger partial charge in [-0.3, -0.25) is 4.79 Å². The average Bonchev–Trinajstić information content (AvgIpc) is 2.97. The topological polar surface area (TPSA) is 44.8 Å². The molecule has 0 aromatic rings. The van der Waals surface area contributed by atoms with E-state index in [0.717, 1.165) is 32.1 Å². The molecule has 0 N–H and O–H groups in total. The van der Waals surface area contributed by atoms with Gasteiger partial charge >= 0.3 is 5.97 Å². The first-order valence-corrected chi connectivity index (χ1v) is 8.84. The fourth-order valence-electron chi connectivity index (χ4n) is 2.39. The molecule has 0 saturated carbocycles. The van der Waals surface area contributed by atoms with E-state index in [2.05, 4.69) is 26.0 Å². The lowest BCUT2D eigenvalue weighted by atomic mass is 10.1. The molecule has 4 heteroatoms. The van der Waals surface area contributed by atoms with Crippen molar-refractivity contribution in [2.24, 2.45) is 0 Å². The summed E-state index contributed by atoms with van der Waals surface area (Å²) in [5, 5.41) is 0. The number of rotatable bonds is 12. The third-order valence-corrected chi connectivity index (χ3v) is 3.70. The summed E-state index contributed by atoms with van der Waals surface area (Å²) in [4.78, 5) is 11.6. The lowest BCUT2D eigenvalue weighted by Gasteiger charge is -2.11. The van der Waals surface area contributed by atoms with Gasteiger partial charge in [0.2, 0.25) is 0 Å². The van der Waals surface area contributed by atoms with Crippen molar-refractivity contribution in [2.45, 2.75) is 84.0 Å². The van der Waals surface area contributed by atoms with Crippen LogP contribution in [-0.2, 0) is 19.0 Å². The summed E-state index contributed by atoms with van der Waals surface area (Å²) in [5.74, 6) is -0.116. The van der Waals surface area contributed by atoms with Gasteiger partial charge in [-0.25, -0.2) is 0 Å². The summed E-state index contributed by atoms with van der Waals surface area (Å²) in [7, 11) is 0. The maximum atomic E-state index is 11.6. The molecular weight excluding hydrogens is 280 g/mol. The molecule has 1 rings (SSSR count). The van der Waals surface area contributed by atoms with Crippen molar-refractivity contribution < 1.29 is 19.0 Å². The molecule has 2 atom stereocenters. The summed E-state index contributed by atoms with van der Waals surface area (Å²) < 4.78 is 16.5. The van der Waals surface area contributed by atoms with Crippen LogP contribution in [0.1, 0.15) is 71.6 Å². The third-order valence-electron chi connectivity index (χ3n) is 3.70. The van der Waals surface area contributed by atoms with Gasteiger partial charge in [0.05, 0.1) is 6.61 Å². The zero-order chi connectivity index (χ0) is 16.0. The quantitative estimate of drug-likeness (QED) is 0.305. The van der Waals surface area contributed by atoms with Gasteiger partial charge in [-0.15, -0.1) is 0 Å². The standard InChI is InChI=1S/C18H32O4/c1-3-5-7-9-10-12-17(19)20-14-16-15-21-18(22-16)13-11-8-6-4-2/h6,8,16,18H,3-5,7,9-15H2,1-2H3. The van der Waals surface area contributed by atoms with Gasteiger partial charge in [0.25, 0.3) is 0 Å². The Morgan fingerprint density at radius 3 is 2.77 bits per heavy atom. The van der Waals surface area contributed by atoms with Crippen molar-refractivity contribution in [1.29, 1.82) is 0 Å². The first kappa shape index (κ1) is 19.2. The molecule has 1 aliphatic heterocycles. The molecule has 1 fully saturated rings. The number of carbonyl (C=O) groups excluding carboxylic acids is 1. The first-order chi connectivity index (χ1) is 10.8. The van der Waals surface area contributed by atoms with Crippen LogP contribution in [0.4, 0.5) is 0 Å². The SMILES string of the molecule is CCC=CCCC1OCC(COC(=O)CCCCCCC)O1. The Balaban J connectivity index is 2.01. The average molecular weight is 312 g/mol. The van der Waals surface area contributed by atoms with Crippen LogP contribution in [0.25, 0.3) is 0 Å². The highest BCUT2D eigenvalue weighted by Gasteiger charge is 2.26. The minimum Gasteiger partial charge on any atom is -0.463 e. The van der Waals surface area contributed by atoms with E-state index in [1.54, 1.807) is 0 Å². The van der Waals surface area contributed by atoms with Crippen molar-refractivity contribution in [3.8, 4) is 0 Å². The number of ether oxygens (including phenoxy) is 3. The van der Waals surface area contributed by atoms with Gasteiger partial charge in [-0.2, -0.15) is 0 Å². The first-order valence-electron chi connectivity index (χ1n) is 8.84. The second kappa shape index (κ2) is 12.7. The van der Waals surface area contributed by atoms with E-state index in [-0.39, 0.29) is 18.4 Å². The van der Waals surface area contributed by atoms with E-state index in [1.807, 2.05) is 0 Å². The van der Waals surface area contributed by atoms with Gasteiger partial charge in [0.15, 0.2) is 6.29 Å². The van der Waals surface area contributed by atoms with Gasteiger partial charge in [-0.05, 0) is 19.3 Å². The molecule has 0 aromatic heterocycles. The normalized spacial score (nSPS) is 21.5. The van der Waals surface area contributed by atoms with E-state index in [4.69, 9.17) is 14.2 Å². The predicted molar refractivity (Wildman–Crippen MR) is 87.6 cm³/mol. The number of esters is 1. The monoisotopic (exact) mass is 312 g/mol. The van der Waals surface area contributed by atoms with E-state index < -0.39 is 0 Å². The molecular formula is C18H32O4. The maximum Gasteiger partial charge on any atom is 0.305 e. The molecule has 22 heavy (non-hydrogen) atoms. The fraction of sp³-hybridized carbons (Fsp3) is 0.833. The fourth-order valence-corrected chi connectivity index (χ4v) is 2.39. The Hall–Kier alpha value is -0.870. The zero-order valence-electron chi connectivity index (χ0n) is 14.2. The Bertz CT molecular complexity index is 314. The summed E-state index contributed by atoms with van der Waals surface area (Å²) >= 11 is 0. The van der Waals surface area contributed by atoms with E-state index in [1.165, 1.54) is 19.3 Å². The molecule has 128 valence electrons. The number of allylic oxidation sites excluding steroid dienone is 2. The second-order valence-corrected chi connectivity index (χ2v) is 5.83. The van der Waals surface area contributed by atoms with E-state index in [0.29, 0.717) is 19.6 Å². The molecule has 1 heterocycles. The van der Waals surface area contributed by atoms with Crippen LogP contribution in [0.2, 0.25) is 0 Å². The summed E-state index contributed by atoms with van der Waals surface area (Å²) in [6.07, 6.45) is 13.1. The van der Waals surface area contributed by atoms with Crippen LogP contribution in [0.3, 0.4) is 0 Å². The Kier molecular flexibility index (Phi) is 11.0. The van der Waals surface area contributed by atoms with Gasteiger partial charge in [-0.1, -0.05) is 51.7 Å². The zero-order valence-corrected chi connectivity index (χ0v) is 14.2. The Labute approximate surface area is 135 Å². The minimum absolute atomic E-state index is 0.107. The molecule has 1 saturated heterocycles. The van der Waals surface area contributed by atoms with Gasteiger partial charge < -0.3 is 14.2 Å². The van der Waals surface area contributed by atoms with E-state index >= 15 is 0 Å². The molecule has 2 unspecified atom stereocenters. The number of hydrogen-bond acceptors (Lipinski definition) is 4. The van der Waals surface area contributed by atoms with Crippen LogP contribution in [0, 0.1) is 0 Å². The summed E-state index contributed by atoms with van der Waals surface area (Å²) in [6, 6.07) is 0. The van der Waals surface area contributed by atoms with Gasteiger partial charge in [0, 0.05) is 12.8 Å². The largest absolute Gasteiger partial charge is 0.463 e. The van der Waals surface area contributed by atoms with Crippen molar-refractivity contribution in [3.63, 3.8) is 0 Å². The third kappa shape index (κ3) is 9.21. The smallest absolute Gasteiger partial charge is 0.305 e. The molecule has 0 radical (unpaired) electrons. The lowest BCUT2D eigenvalue weighted by molar-refractivity contribution is -0.148. The highest BCUT2D eigenvalue weighted by molar-refractivity contribution is 5.69. The molecule has 0 amide bonds. The number of carbonyl (C=O) groups is 1. The molecule has 4 nitrogen and oxygen atoms in total. The van der Waals surface area contributed by atoms with Crippen LogP contribution in [0.15, 0.2) is 12.2 Å². The molecule has 0 aromatic carbocycles. The van der Waals surface area contributed by atoms with E-state index in [9.17, 15) is 4.79 Å². The maximum absolute atomic E-state index is 11.6. The lowest BCUT2D eigenvalue weighted by Crippen LogP contribution is -2.21. The molecule has 0 bridgehead atoms. The van der Waals surface area contributed by atoms with Crippen molar-refractivity contribution in [3.05, 3.63) is 12.2 Å². The van der Waals surface area contributed by atoms with Crippen LogP contribution < -0.4 is 0 Å². The van der Waals surface area contributed by atoms with Crippen LogP contribution in [-0.4, -0.2) is 31.6 Å². The van der Waals surface area contributed by atoms with Crippen molar-refractivity contribution in [2.75, 3.05) is 13.2 Å². The predicted octanol–water partition coefficient (Wildman–Crippen LogP) is 4.38. The van der Waals surface area contributed by atoms with Crippen LogP contribution in [0.5, 0.6) is 0 Å². The highest BCUT2D eigenvalue weighted by Crippen LogP contribution is 2.17.